The van der Waals surface area contributed by atoms with Gasteiger partial charge >= 0.3 is 102 Å². The van der Waals surface area contributed by atoms with Gasteiger partial charge in [0.2, 0.25) is 0 Å². The van der Waals surface area contributed by atoms with E-state index in [1.54, 1.807) is 8.85 Å². The molecule has 0 rings (SSSR count). The Labute approximate surface area is 108 Å². The van der Waals surface area contributed by atoms with Gasteiger partial charge in [-0.3, -0.25) is 0 Å². The van der Waals surface area contributed by atoms with Gasteiger partial charge < -0.3 is 0 Å². The minimum atomic E-state index is -1.06. The van der Waals surface area contributed by atoms with E-state index < -0.39 is 20.2 Å². The predicted molar refractivity (Wildman–Crippen MR) is 70.7 cm³/mol. The number of rotatable bonds is 12. The zero-order chi connectivity index (χ0) is 11.2. The van der Waals surface area contributed by atoms with Crippen LogP contribution in [0.1, 0.15) is 71.1 Å². The summed E-state index contributed by atoms with van der Waals surface area (Å²) in [6, 6.07) is 0. The fourth-order valence-corrected chi connectivity index (χ4v) is 3.84. The van der Waals surface area contributed by atoms with E-state index in [2.05, 4.69) is 6.92 Å². The first kappa shape index (κ1) is 16.0. The molecule has 15 heavy (non-hydrogen) atoms. The van der Waals surface area contributed by atoms with Crippen molar-refractivity contribution < 1.29 is 3.02 Å². The van der Waals surface area contributed by atoms with Crippen LogP contribution in [0.4, 0.5) is 0 Å². The Hall–Kier alpha value is 0.968. The van der Waals surface area contributed by atoms with Crippen LogP contribution in [-0.2, 0) is 3.02 Å². The Kier molecular flexibility index (Phi) is 15.9. The van der Waals surface area contributed by atoms with Crippen LogP contribution in [0.2, 0.25) is 0 Å². The monoisotopic (exact) mass is 338 g/mol. The average Bonchev–Trinajstić information content (AvgIpc) is 2.26. The molecule has 0 aromatic heterocycles. The van der Waals surface area contributed by atoms with Crippen molar-refractivity contribution in [2.75, 3.05) is 5.75 Å². The Balaban J connectivity index is 2.83. The zero-order valence-corrected chi connectivity index (χ0v) is 13.4. The van der Waals surface area contributed by atoms with Gasteiger partial charge in [-0.05, 0) is 0 Å². The standard InChI is InChI=1S/C12H26S.O.Sb/c1-2-3-4-5-6-7-8-9-10-11-12-13;;/h13H,2-12H2,1H3;;/q;;+1/p-1. The second-order valence-corrected chi connectivity index (χ2v) is 8.39. The van der Waals surface area contributed by atoms with Gasteiger partial charge in [-0.25, -0.2) is 0 Å². The van der Waals surface area contributed by atoms with Crippen LogP contribution in [-0.4, -0.2) is 26.0 Å². The van der Waals surface area contributed by atoms with Crippen molar-refractivity contribution in [3.8, 4) is 0 Å². The van der Waals surface area contributed by atoms with Crippen LogP contribution >= 0.6 is 8.85 Å². The van der Waals surface area contributed by atoms with Crippen LogP contribution in [0.3, 0.4) is 0 Å². The van der Waals surface area contributed by atoms with Crippen molar-refractivity contribution in [2.45, 2.75) is 71.1 Å². The number of unbranched alkanes of at least 4 members (excludes halogenated alkanes) is 9. The van der Waals surface area contributed by atoms with Crippen molar-refractivity contribution >= 4 is 29.1 Å². The normalized spacial score (nSPS) is 10.5. The van der Waals surface area contributed by atoms with Crippen molar-refractivity contribution in [2.24, 2.45) is 0 Å². The van der Waals surface area contributed by atoms with E-state index in [-0.39, 0.29) is 0 Å². The molecule has 90 valence electrons. The van der Waals surface area contributed by atoms with Crippen LogP contribution in [0.25, 0.3) is 0 Å². The van der Waals surface area contributed by atoms with E-state index in [0.717, 1.165) is 5.75 Å². The first-order valence-corrected chi connectivity index (χ1v) is 11.5. The van der Waals surface area contributed by atoms with Crippen molar-refractivity contribution in [1.29, 1.82) is 0 Å². The molecule has 0 aliphatic rings. The number of hydrogen-bond acceptors (Lipinski definition) is 2. The Morgan fingerprint density at radius 1 is 0.800 bits per heavy atom. The van der Waals surface area contributed by atoms with Crippen molar-refractivity contribution in [3.63, 3.8) is 0 Å². The van der Waals surface area contributed by atoms with E-state index in [4.69, 9.17) is 0 Å². The van der Waals surface area contributed by atoms with E-state index in [1.165, 1.54) is 64.2 Å². The van der Waals surface area contributed by atoms with Crippen LogP contribution in [0, 0.1) is 0 Å². The second-order valence-electron chi connectivity index (χ2n) is 4.09. The van der Waals surface area contributed by atoms with Crippen LogP contribution in [0.5, 0.6) is 0 Å². The molecule has 0 radical (unpaired) electrons. The summed E-state index contributed by atoms with van der Waals surface area (Å²) in [5.74, 6) is 1.14. The SMILES string of the molecule is CCCCCCCCCCCC[S][Sb]=[O]. The first-order valence-electron chi connectivity index (χ1n) is 6.36. The van der Waals surface area contributed by atoms with Crippen LogP contribution < -0.4 is 0 Å². The number of hydrogen-bond donors (Lipinski definition) is 0. The molecular formula is C12H25OSSb. The molecule has 1 nitrogen and oxygen atoms in total. The maximum absolute atomic E-state index is 10.3. The van der Waals surface area contributed by atoms with Gasteiger partial charge in [0.25, 0.3) is 0 Å². The van der Waals surface area contributed by atoms with Gasteiger partial charge in [0.1, 0.15) is 0 Å². The summed E-state index contributed by atoms with van der Waals surface area (Å²) in [7, 11) is 1.68. The fraction of sp³-hybridized carbons (Fsp3) is 1.00. The van der Waals surface area contributed by atoms with Crippen LogP contribution in [0.15, 0.2) is 0 Å². The molecule has 0 aliphatic carbocycles. The molecule has 3 heteroatoms. The molecule has 0 atom stereocenters. The van der Waals surface area contributed by atoms with E-state index >= 15 is 0 Å². The van der Waals surface area contributed by atoms with Gasteiger partial charge in [0.15, 0.2) is 0 Å². The average molecular weight is 339 g/mol. The predicted octanol–water partition coefficient (Wildman–Crippen LogP) is 4.61. The van der Waals surface area contributed by atoms with Gasteiger partial charge in [0.05, 0.1) is 0 Å². The summed E-state index contributed by atoms with van der Waals surface area (Å²) >= 11 is -1.06. The Morgan fingerprint density at radius 2 is 1.27 bits per heavy atom. The van der Waals surface area contributed by atoms with E-state index in [1.807, 2.05) is 0 Å². The van der Waals surface area contributed by atoms with Gasteiger partial charge in [-0.1, -0.05) is 6.92 Å². The molecule has 0 aromatic carbocycles. The molecule has 0 aliphatic heterocycles. The molecule has 0 N–H and O–H groups in total. The first-order chi connectivity index (χ1) is 7.41. The summed E-state index contributed by atoms with van der Waals surface area (Å²) in [5, 5.41) is 0. The zero-order valence-electron chi connectivity index (χ0n) is 10.0. The van der Waals surface area contributed by atoms with Crippen molar-refractivity contribution in [1.82, 2.24) is 0 Å². The summed E-state index contributed by atoms with van der Waals surface area (Å²) in [5.41, 5.74) is 0. The molecule has 0 amide bonds. The quantitative estimate of drug-likeness (QED) is 0.382. The molecule has 0 heterocycles. The molecule has 0 saturated heterocycles. The fourth-order valence-electron chi connectivity index (χ4n) is 1.69. The Morgan fingerprint density at radius 3 is 1.73 bits per heavy atom. The maximum atomic E-state index is 10.3. The van der Waals surface area contributed by atoms with E-state index in [9.17, 15) is 3.02 Å². The minimum absolute atomic E-state index is 1.06. The van der Waals surface area contributed by atoms with Gasteiger partial charge in [-0.2, -0.15) is 0 Å². The third-order valence-corrected chi connectivity index (χ3v) is 5.68. The molecule has 0 spiro atoms. The van der Waals surface area contributed by atoms with Crippen molar-refractivity contribution in [3.05, 3.63) is 0 Å². The molecule has 0 fully saturated rings. The second kappa shape index (κ2) is 15.0. The molecule has 0 bridgehead atoms. The topological polar surface area (TPSA) is 17.1 Å². The molecule has 0 unspecified atom stereocenters. The molecule has 0 saturated carbocycles. The molecule has 0 aromatic rings. The third-order valence-electron chi connectivity index (χ3n) is 2.64. The summed E-state index contributed by atoms with van der Waals surface area (Å²) in [4.78, 5) is 0. The van der Waals surface area contributed by atoms with E-state index in [0.29, 0.717) is 0 Å². The summed E-state index contributed by atoms with van der Waals surface area (Å²) in [6.45, 7) is 2.27. The summed E-state index contributed by atoms with van der Waals surface area (Å²) in [6.07, 6.45) is 13.9. The Bertz CT molecular complexity index is 131. The molecular weight excluding hydrogens is 314 g/mol. The van der Waals surface area contributed by atoms with Gasteiger partial charge in [-0.15, -0.1) is 0 Å². The van der Waals surface area contributed by atoms with Gasteiger partial charge in [0, 0.05) is 0 Å². The summed E-state index contributed by atoms with van der Waals surface area (Å²) < 4.78 is 10.3. The third kappa shape index (κ3) is 15.0.